The molecule has 0 amide bonds. The van der Waals surface area contributed by atoms with Crippen molar-refractivity contribution in [2.24, 2.45) is 0 Å². The van der Waals surface area contributed by atoms with E-state index in [4.69, 9.17) is 21.1 Å². The minimum absolute atomic E-state index is 0.0134. The van der Waals surface area contributed by atoms with E-state index < -0.39 is 17.2 Å². The molecule has 1 saturated carbocycles. The first kappa shape index (κ1) is 19.3. The standard InChI is InChI=1S/C25H14ClF2NO3/c26-23-16(27)8-18-15(9-25(11-30,32-18)13-4-2-1-3-5-13)22(23)20-12(10-29)6-19-21(24(20)28)14-7-17(14)31-19/h1-6,8,11,14,17H,7,9H2/t14?,17?,25-/m1/s1. The van der Waals surface area contributed by atoms with Crippen molar-refractivity contribution < 1.29 is 23.0 Å². The highest BCUT2D eigenvalue weighted by Gasteiger charge is 2.51. The predicted octanol–water partition coefficient (Wildman–Crippen LogP) is 5.43. The zero-order chi connectivity index (χ0) is 22.2. The van der Waals surface area contributed by atoms with E-state index in [0.29, 0.717) is 35.1 Å². The van der Waals surface area contributed by atoms with Gasteiger partial charge in [-0.3, -0.25) is 4.79 Å². The van der Waals surface area contributed by atoms with Gasteiger partial charge in [0.25, 0.3) is 0 Å². The number of ether oxygens (including phenoxy) is 2. The number of nitriles is 1. The number of hydrogen-bond acceptors (Lipinski definition) is 4. The summed E-state index contributed by atoms with van der Waals surface area (Å²) in [5.74, 6) is -1.09. The van der Waals surface area contributed by atoms with Gasteiger partial charge in [0, 0.05) is 46.2 Å². The van der Waals surface area contributed by atoms with Crippen LogP contribution in [0.15, 0.2) is 42.5 Å². The molecule has 2 heterocycles. The Bertz CT molecular complexity index is 1370. The van der Waals surface area contributed by atoms with Crippen molar-refractivity contribution in [3.63, 3.8) is 0 Å². The van der Waals surface area contributed by atoms with Crippen molar-refractivity contribution in [1.29, 1.82) is 5.26 Å². The summed E-state index contributed by atoms with van der Waals surface area (Å²) in [6.07, 6.45) is 1.30. The number of rotatable bonds is 3. The zero-order valence-electron chi connectivity index (χ0n) is 16.5. The second kappa shape index (κ2) is 6.54. The molecule has 4 nitrogen and oxygen atoms in total. The summed E-state index contributed by atoms with van der Waals surface area (Å²) >= 11 is 6.37. The van der Waals surface area contributed by atoms with Crippen molar-refractivity contribution in [3.8, 4) is 28.7 Å². The Balaban J connectivity index is 1.60. The van der Waals surface area contributed by atoms with E-state index in [0.717, 1.165) is 6.07 Å². The summed E-state index contributed by atoms with van der Waals surface area (Å²) in [4.78, 5) is 12.2. The van der Waals surface area contributed by atoms with Crippen LogP contribution in [-0.4, -0.2) is 12.4 Å². The van der Waals surface area contributed by atoms with E-state index in [9.17, 15) is 14.4 Å². The molecule has 2 unspecified atom stereocenters. The van der Waals surface area contributed by atoms with Gasteiger partial charge < -0.3 is 9.47 Å². The van der Waals surface area contributed by atoms with Gasteiger partial charge in [0.05, 0.1) is 10.6 Å². The number of halogens is 3. The van der Waals surface area contributed by atoms with Crippen LogP contribution in [0.4, 0.5) is 8.78 Å². The molecule has 1 aliphatic carbocycles. The van der Waals surface area contributed by atoms with Crippen LogP contribution in [0, 0.1) is 23.0 Å². The summed E-state index contributed by atoms with van der Waals surface area (Å²) in [6.45, 7) is 0. The maximum Gasteiger partial charge on any atom is 0.193 e. The molecule has 0 aromatic heterocycles. The molecule has 0 spiro atoms. The Morgan fingerprint density at radius 1 is 1.16 bits per heavy atom. The maximum atomic E-state index is 15.8. The normalized spacial score (nSPS) is 23.9. The van der Waals surface area contributed by atoms with Gasteiger partial charge in [-0.15, -0.1) is 0 Å². The molecule has 0 bridgehead atoms. The average molecular weight is 450 g/mol. The lowest BCUT2D eigenvalue weighted by molar-refractivity contribution is -0.120. The van der Waals surface area contributed by atoms with Crippen molar-refractivity contribution in [2.75, 3.05) is 0 Å². The molecule has 2 aliphatic heterocycles. The Labute approximate surface area is 186 Å². The fourth-order valence-electron chi connectivity index (χ4n) is 4.86. The molecular weight excluding hydrogens is 436 g/mol. The molecule has 3 aromatic rings. The molecular formula is C25H14ClF2NO3. The summed E-state index contributed by atoms with van der Waals surface area (Å²) in [5.41, 5.74) is -0.0990. The summed E-state index contributed by atoms with van der Waals surface area (Å²) in [6, 6.07) is 13.4. The fraction of sp³-hybridized carbons (Fsp3) is 0.200. The van der Waals surface area contributed by atoms with Crippen molar-refractivity contribution in [2.45, 2.75) is 30.5 Å². The largest absolute Gasteiger partial charge is 0.489 e. The molecule has 0 saturated heterocycles. The van der Waals surface area contributed by atoms with Crippen LogP contribution in [0.5, 0.6) is 11.5 Å². The van der Waals surface area contributed by atoms with Crippen LogP contribution in [0.3, 0.4) is 0 Å². The zero-order valence-corrected chi connectivity index (χ0v) is 17.2. The third-order valence-electron chi connectivity index (χ3n) is 6.49. The SMILES string of the molecule is N#Cc1cc2c(c(F)c1-c1c(Cl)c(F)cc3c1C[C@@](C=O)(c1ccccc1)O3)C1CC1O2. The van der Waals surface area contributed by atoms with E-state index in [-0.39, 0.29) is 45.9 Å². The van der Waals surface area contributed by atoms with E-state index in [2.05, 4.69) is 0 Å². The lowest BCUT2D eigenvalue weighted by Gasteiger charge is -2.22. The number of nitrogens with zero attached hydrogens (tertiary/aromatic N) is 1. The average Bonchev–Trinajstić information content (AvgIpc) is 3.30. The Hall–Kier alpha value is -3.43. The molecule has 3 atom stereocenters. The van der Waals surface area contributed by atoms with Crippen molar-refractivity contribution in [3.05, 3.63) is 81.4 Å². The lowest BCUT2D eigenvalue weighted by atomic mass is 9.85. The summed E-state index contributed by atoms with van der Waals surface area (Å²) < 4.78 is 42.4. The van der Waals surface area contributed by atoms with Crippen LogP contribution in [0.1, 0.15) is 34.6 Å². The van der Waals surface area contributed by atoms with Gasteiger partial charge in [0.2, 0.25) is 0 Å². The Morgan fingerprint density at radius 2 is 1.94 bits per heavy atom. The lowest BCUT2D eigenvalue weighted by Crippen LogP contribution is -2.33. The van der Waals surface area contributed by atoms with E-state index in [1.165, 1.54) is 6.07 Å². The molecule has 0 N–H and O–H groups in total. The van der Waals surface area contributed by atoms with E-state index in [1.807, 2.05) is 6.07 Å². The number of hydrogen-bond donors (Lipinski definition) is 0. The van der Waals surface area contributed by atoms with Crippen LogP contribution in [0.25, 0.3) is 11.1 Å². The van der Waals surface area contributed by atoms with E-state index in [1.54, 1.807) is 30.3 Å². The molecule has 1 fully saturated rings. The van der Waals surface area contributed by atoms with Gasteiger partial charge in [0.1, 0.15) is 35.3 Å². The van der Waals surface area contributed by atoms with Gasteiger partial charge in [-0.1, -0.05) is 41.9 Å². The quantitative estimate of drug-likeness (QED) is 0.500. The minimum Gasteiger partial charge on any atom is -0.489 e. The number of aldehydes is 1. The van der Waals surface area contributed by atoms with Crippen LogP contribution in [0.2, 0.25) is 5.02 Å². The second-order valence-electron chi connectivity index (χ2n) is 8.31. The van der Waals surface area contributed by atoms with Gasteiger partial charge in [-0.2, -0.15) is 5.26 Å². The summed E-state index contributed by atoms with van der Waals surface area (Å²) in [7, 11) is 0. The highest BCUT2D eigenvalue weighted by atomic mass is 35.5. The number of benzene rings is 3. The number of carbonyl (C=O) groups excluding carboxylic acids is 1. The Kier molecular flexibility index (Phi) is 3.94. The predicted molar refractivity (Wildman–Crippen MR) is 112 cm³/mol. The number of fused-ring (bicyclic) bond motifs is 4. The molecule has 158 valence electrons. The van der Waals surface area contributed by atoms with Crippen molar-refractivity contribution >= 4 is 17.9 Å². The van der Waals surface area contributed by atoms with Crippen molar-refractivity contribution in [1.82, 2.24) is 0 Å². The third-order valence-corrected chi connectivity index (χ3v) is 6.86. The summed E-state index contributed by atoms with van der Waals surface area (Å²) in [5, 5.41) is 9.44. The molecule has 32 heavy (non-hydrogen) atoms. The molecule has 7 heteroatoms. The first-order valence-electron chi connectivity index (χ1n) is 10.1. The molecule has 6 rings (SSSR count). The monoisotopic (exact) mass is 449 g/mol. The van der Waals surface area contributed by atoms with Crippen LogP contribution >= 0.6 is 11.6 Å². The van der Waals surface area contributed by atoms with Crippen LogP contribution in [-0.2, 0) is 16.8 Å². The first-order valence-corrected chi connectivity index (χ1v) is 10.5. The van der Waals surface area contributed by atoms with Crippen LogP contribution < -0.4 is 9.47 Å². The maximum absolute atomic E-state index is 15.8. The van der Waals surface area contributed by atoms with Gasteiger partial charge in [-0.05, 0) is 12.5 Å². The first-order chi connectivity index (χ1) is 15.5. The molecule has 0 radical (unpaired) electrons. The van der Waals surface area contributed by atoms with E-state index >= 15 is 4.39 Å². The van der Waals surface area contributed by atoms with Gasteiger partial charge in [-0.25, -0.2) is 8.78 Å². The molecule has 3 aromatic carbocycles. The topological polar surface area (TPSA) is 59.3 Å². The Morgan fingerprint density at radius 3 is 2.66 bits per heavy atom. The second-order valence-corrected chi connectivity index (χ2v) is 8.69. The fourth-order valence-corrected chi connectivity index (χ4v) is 5.13. The number of carbonyl (C=O) groups is 1. The highest BCUT2D eigenvalue weighted by Crippen LogP contribution is 2.57. The smallest absolute Gasteiger partial charge is 0.193 e. The van der Waals surface area contributed by atoms with Gasteiger partial charge in [0.15, 0.2) is 11.9 Å². The molecule has 3 aliphatic rings. The minimum atomic E-state index is -1.40. The third kappa shape index (κ3) is 2.49. The van der Waals surface area contributed by atoms with Gasteiger partial charge >= 0.3 is 0 Å². The highest BCUT2D eigenvalue weighted by molar-refractivity contribution is 6.34.